The third-order valence-electron chi connectivity index (χ3n) is 5.26. The van der Waals surface area contributed by atoms with Crippen LogP contribution >= 0.6 is 0 Å². The van der Waals surface area contributed by atoms with Crippen LogP contribution in [0.2, 0.25) is 0 Å². The van der Waals surface area contributed by atoms with Crippen molar-refractivity contribution in [2.45, 2.75) is 6.18 Å². The number of nitrogens with zero attached hydrogens (tertiary/aromatic N) is 1. The Balaban J connectivity index is 1.89. The zero-order valence-electron chi connectivity index (χ0n) is 17.6. The second kappa shape index (κ2) is 8.46. The molecule has 0 aromatic heterocycles. The summed E-state index contributed by atoms with van der Waals surface area (Å²) >= 11 is 0. The molecule has 1 aliphatic heterocycles. The quantitative estimate of drug-likeness (QED) is 0.389. The highest BCUT2D eigenvalue weighted by Crippen LogP contribution is 2.37. The highest BCUT2D eigenvalue weighted by atomic mass is 19.4. The molecular formula is C25H18F3NO4. The van der Waals surface area contributed by atoms with E-state index in [0.29, 0.717) is 22.6 Å². The van der Waals surface area contributed by atoms with Crippen molar-refractivity contribution in [2.24, 2.45) is 0 Å². The van der Waals surface area contributed by atoms with E-state index in [2.05, 4.69) is 0 Å². The fourth-order valence-electron chi connectivity index (χ4n) is 3.64. The molecular weight excluding hydrogens is 435 g/mol. The van der Waals surface area contributed by atoms with Crippen LogP contribution in [-0.4, -0.2) is 26.0 Å². The minimum Gasteiger partial charge on any atom is -0.497 e. The molecule has 4 rings (SSSR count). The first kappa shape index (κ1) is 22.1. The number of carbonyl (C=O) groups is 2. The van der Waals surface area contributed by atoms with Gasteiger partial charge < -0.3 is 9.47 Å². The van der Waals surface area contributed by atoms with Gasteiger partial charge in [0.05, 0.1) is 25.5 Å². The number of benzene rings is 3. The summed E-state index contributed by atoms with van der Waals surface area (Å²) in [6.45, 7) is 0. The molecule has 168 valence electrons. The number of amides is 2. The highest BCUT2D eigenvalue weighted by Gasteiger charge is 2.37. The molecule has 3 aromatic rings. The van der Waals surface area contributed by atoms with E-state index in [4.69, 9.17) is 9.47 Å². The summed E-state index contributed by atoms with van der Waals surface area (Å²) in [6, 6.07) is 15.6. The number of alkyl halides is 3. The van der Waals surface area contributed by atoms with E-state index in [1.54, 1.807) is 42.5 Å². The summed E-state index contributed by atoms with van der Waals surface area (Å²) < 4.78 is 50.4. The maximum Gasteiger partial charge on any atom is 0.416 e. The average Bonchev–Trinajstić information content (AvgIpc) is 2.81. The molecule has 0 saturated carbocycles. The molecule has 33 heavy (non-hydrogen) atoms. The van der Waals surface area contributed by atoms with Gasteiger partial charge in [-0.3, -0.25) is 9.59 Å². The zero-order chi connectivity index (χ0) is 23.8. The molecule has 8 heteroatoms. The number of halogens is 3. The number of anilines is 1. The Labute approximate surface area is 187 Å². The zero-order valence-corrected chi connectivity index (χ0v) is 17.6. The van der Waals surface area contributed by atoms with Crippen LogP contribution in [0.15, 0.2) is 66.7 Å². The number of hydrogen-bond acceptors (Lipinski definition) is 4. The molecule has 5 nitrogen and oxygen atoms in total. The second-order valence-electron chi connectivity index (χ2n) is 7.21. The van der Waals surface area contributed by atoms with E-state index in [1.807, 2.05) is 0 Å². The smallest absolute Gasteiger partial charge is 0.416 e. The minimum atomic E-state index is -4.62. The van der Waals surface area contributed by atoms with Crippen molar-refractivity contribution in [3.05, 3.63) is 89.0 Å². The standard InChI is InChI=1S/C25H18F3NO4/c1-32-18-11-10-15(22(14-18)33-2)12-21-19-8-3-4-9-20(19)23(30)29(24(21)31)17-7-5-6-16(13-17)25(26,27)28/h3-14H,1-2H3/b21-12-. The summed E-state index contributed by atoms with van der Waals surface area (Å²) in [5, 5.41) is 0. The molecule has 1 heterocycles. The fourth-order valence-corrected chi connectivity index (χ4v) is 3.64. The van der Waals surface area contributed by atoms with E-state index in [0.717, 1.165) is 23.1 Å². The van der Waals surface area contributed by atoms with Gasteiger partial charge in [0.25, 0.3) is 11.8 Å². The first-order chi connectivity index (χ1) is 15.7. The predicted octanol–water partition coefficient (Wildman–Crippen LogP) is 5.45. The van der Waals surface area contributed by atoms with Crippen molar-refractivity contribution in [1.82, 2.24) is 0 Å². The monoisotopic (exact) mass is 453 g/mol. The van der Waals surface area contributed by atoms with E-state index >= 15 is 0 Å². The van der Waals surface area contributed by atoms with Crippen molar-refractivity contribution < 1.29 is 32.2 Å². The van der Waals surface area contributed by atoms with Crippen molar-refractivity contribution in [3.8, 4) is 11.5 Å². The molecule has 0 N–H and O–H groups in total. The summed E-state index contributed by atoms with van der Waals surface area (Å²) in [5.74, 6) is -0.468. The molecule has 0 unspecified atom stereocenters. The van der Waals surface area contributed by atoms with Gasteiger partial charge in [-0.1, -0.05) is 24.3 Å². The lowest BCUT2D eigenvalue weighted by atomic mass is 9.91. The molecule has 0 bridgehead atoms. The topological polar surface area (TPSA) is 55.8 Å². The number of ether oxygens (including phenoxy) is 2. The van der Waals surface area contributed by atoms with Gasteiger partial charge in [0.2, 0.25) is 0 Å². The Bertz CT molecular complexity index is 1280. The van der Waals surface area contributed by atoms with Crippen molar-refractivity contribution in [1.29, 1.82) is 0 Å². The third kappa shape index (κ3) is 4.07. The normalized spacial score (nSPS) is 14.9. The summed E-state index contributed by atoms with van der Waals surface area (Å²) in [7, 11) is 2.97. The van der Waals surface area contributed by atoms with E-state index in [1.165, 1.54) is 26.4 Å². The fraction of sp³-hybridized carbons (Fsp3) is 0.120. The second-order valence-corrected chi connectivity index (χ2v) is 7.21. The van der Waals surface area contributed by atoms with Crippen molar-refractivity contribution in [3.63, 3.8) is 0 Å². The van der Waals surface area contributed by atoms with E-state index in [9.17, 15) is 22.8 Å². The van der Waals surface area contributed by atoms with Crippen LogP contribution in [0.5, 0.6) is 11.5 Å². The molecule has 0 fully saturated rings. The number of imide groups is 1. The molecule has 3 aromatic carbocycles. The number of methoxy groups -OCH3 is 2. The van der Waals surface area contributed by atoms with Crippen LogP contribution in [0.1, 0.15) is 27.0 Å². The van der Waals surface area contributed by atoms with E-state index < -0.39 is 23.6 Å². The Morgan fingerprint density at radius 1 is 0.818 bits per heavy atom. The van der Waals surface area contributed by atoms with Gasteiger partial charge in [-0.05, 0) is 48.0 Å². The van der Waals surface area contributed by atoms with Gasteiger partial charge in [0.15, 0.2) is 0 Å². The number of carbonyl (C=O) groups excluding carboxylic acids is 2. The summed E-state index contributed by atoms with van der Waals surface area (Å²) in [6.07, 6.45) is -3.07. The molecule has 0 aliphatic carbocycles. The third-order valence-corrected chi connectivity index (χ3v) is 5.26. The average molecular weight is 453 g/mol. The lowest BCUT2D eigenvalue weighted by molar-refractivity contribution is -0.137. The first-order valence-corrected chi connectivity index (χ1v) is 9.83. The summed E-state index contributed by atoms with van der Waals surface area (Å²) in [5.41, 5.74) is 0.145. The van der Waals surface area contributed by atoms with Gasteiger partial charge in [0.1, 0.15) is 11.5 Å². The van der Waals surface area contributed by atoms with Crippen LogP contribution < -0.4 is 14.4 Å². The molecule has 0 radical (unpaired) electrons. The van der Waals surface area contributed by atoms with E-state index in [-0.39, 0.29) is 16.8 Å². The van der Waals surface area contributed by atoms with Crippen LogP contribution in [0.25, 0.3) is 11.6 Å². The van der Waals surface area contributed by atoms with Gasteiger partial charge >= 0.3 is 6.18 Å². The Kier molecular flexibility index (Phi) is 5.68. The Hall–Kier alpha value is -4.07. The minimum absolute atomic E-state index is 0.145. The van der Waals surface area contributed by atoms with Gasteiger partial charge in [-0.25, -0.2) is 4.90 Å². The molecule has 2 amide bonds. The van der Waals surface area contributed by atoms with Crippen molar-refractivity contribution >= 4 is 29.2 Å². The maximum absolute atomic E-state index is 13.5. The SMILES string of the molecule is COc1ccc(/C=C2\C(=O)N(c3cccc(C(F)(F)F)c3)C(=O)c3ccccc32)c(OC)c1. The maximum atomic E-state index is 13.5. The lowest BCUT2D eigenvalue weighted by Crippen LogP contribution is -2.41. The molecule has 0 spiro atoms. The van der Waals surface area contributed by atoms with Gasteiger partial charge in [0, 0.05) is 22.8 Å². The first-order valence-electron chi connectivity index (χ1n) is 9.83. The molecule has 0 saturated heterocycles. The van der Waals surface area contributed by atoms with Crippen LogP contribution in [0.3, 0.4) is 0 Å². The Morgan fingerprint density at radius 3 is 2.21 bits per heavy atom. The molecule has 1 aliphatic rings. The molecule has 0 atom stereocenters. The van der Waals surface area contributed by atoms with Gasteiger partial charge in [-0.2, -0.15) is 13.2 Å². The number of fused-ring (bicyclic) bond motifs is 1. The van der Waals surface area contributed by atoms with Crippen LogP contribution in [0, 0.1) is 0 Å². The highest BCUT2D eigenvalue weighted by molar-refractivity contribution is 6.43. The van der Waals surface area contributed by atoms with Crippen molar-refractivity contribution in [2.75, 3.05) is 19.1 Å². The summed E-state index contributed by atoms with van der Waals surface area (Å²) in [4.78, 5) is 27.4. The lowest BCUT2D eigenvalue weighted by Gasteiger charge is -2.29. The number of hydrogen-bond donors (Lipinski definition) is 0. The van der Waals surface area contributed by atoms with Crippen LogP contribution in [-0.2, 0) is 11.0 Å². The number of rotatable bonds is 4. The van der Waals surface area contributed by atoms with Crippen LogP contribution in [0.4, 0.5) is 18.9 Å². The predicted molar refractivity (Wildman–Crippen MR) is 117 cm³/mol. The Morgan fingerprint density at radius 2 is 1.55 bits per heavy atom. The largest absolute Gasteiger partial charge is 0.497 e. The van der Waals surface area contributed by atoms with Gasteiger partial charge in [-0.15, -0.1) is 0 Å².